The van der Waals surface area contributed by atoms with Crippen LogP contribution in [0.25, 0.3) is 0 Å². The second-order valence-corrected chi connectivity index (χ2v) is 1.86. The Morgan fingerprint density at radius 1 is 1.27 bits per heavy atom. The van der Waals surface area contributed by atoms with Crippen LogP contribution >= 0.6 is 0 Å². The first-order valence-corrected chi connectivity index (χ1v) is 2.90. The van der Waals surface area contributed by atoms with Crippen LogP contribution < -0.4 is 11.1 Å². The molecule has 54 valence electrons. The first kappa shape index (κ1) is 10.5. The number of benzene rings is 1. The van der Waals surface area contributed by atoms with Crippen molar-refractivity contribution in [2.24, 2.45) is 5.73 Å². The Bertz CT molecular complexity index is 225. The predicted octanol–water partition coefficient (Wildman–Crippen LogP) is 0.529. The van der Waals surface area contributed by atoms with Crippen LogP contribution in [0.1, 0.15) is 0 Å². The number of hydrogen-bond acceptors (Lipinski definition) is 1. The summed E-state index contributed by atoms with van der Waals surface area (Å²) in [5.41, 5.74) is 5.59. The van der Waals surface area contributed by atoms with Crippen LogP contribution in [0, 0.1) is 0 Å². The fraction of sp³-hybridized carbons (Fsp3) is 0. The van der Waals surface area contributed by atoms with E-state index >= 15 is 0 Å². The van der Waals surface area contributed by atoms with E-state index in [1.165, 1.54) is 0 Å². The molecule has 0 fully saturated rings. The molecule has 0 aliphatic carbocycles. The summed E-state index contributed by atoms with van der Waals surface area (Å²) in [6, 6.07) is 8.52. The van der Waals surface area contributed by atoms with Crippen LogP contribution in [0.3, 0.4) is 0 Å². The zero-order valence-corrected chi connectivity index (χ0v) is 5.37. The third-order valence-electron chi connectivity index (χ3n) is 1.04. The second kappa shape index (κ2) is 5.18. The van der Waals surface area contributed by atoms with Gasteiger partial charge in [0.2, 0.25) is 0 Å². The number of nitrogens with one attached hydrogen (secondary N) is 1. The maximum absolute atomic E-state index is 10.3. The molecule has 11 heavy (non-hydrogen) atoms. The van der Waals surface area contributed by atoms with Gasteiger partial charge in [-0.3, -0.25) is 0 Å². The first-order chi connectivity index (χ1) is 4.79. The molecule has 3 nitrogen and oxygen atoms in total. The summed E-state index contributed by atoms with van der Waals surface area (Å²) in [5.74, 6) is 0. The monoisotopic (exact) mass is 160 g/mol. The van der Waals surface area contributed by atoms with Gasteiger partial charge in [-0.1, -0.05) is 18.2 Å². The van der Waals surface area contributed by atoms with Crippen molar-refractivity contribution >= 4 is 41.3 Å². The van der Waals surface area contributed by atoms with Crippen LogP contribution in [-0.2, 0) is 0 Å². The first-order valence-electron chi connectivity index (χ1n) is 2.90. The van der Waals surface area contributed by atoms with Crippen molar-refractivity contribution in [3.05, 3.63) is 30.3 Å². The molecule has 0 heterocycles. The number of primary amides is 1. The molecule has 3 N–H and O–H groups in total. The molecule has 1 rings (SSSR count). The van der Waals surface area contributed by atoms with E-state index in [0.717, 1.165) is 5.69 Å². The topological polar surface area (TPSA) is 55.1 Å². The number of para-hydroxylation sites is 1. The molecule has 0 unspecified atom stereocenters. The van der Waals surface area contributed by atoms with Gasteiger partial charge in [0.05, 0.1) is 0 Å². The minimum atomic E-state index is -0.536. The Hall–Kier alpha value is -0.510. The van der Waals surface area contributed by atoms with E-state index < -0.39 is 6.03 Å². The van der Waals surface area contributed by atoms with Gasteiger partial charge in [0.25, 0.3) is 0 Å². The molecule has 0 saturated carbocycles. The van der Waals surface area contributed by atoms with Gasteiger partial charge in [-0.05, 0) is 12.1 Å². The number of urea groups is 1. The number of carbonyl (C=O) groups excluding carboxylic acids is 1. The van der Waals surface area contributed by atoms with E-state index in [0.29, 0.717) is 0 Å². The van der Waals surface area contributed by atoms with E-state index in [1.807, 2.05) is 18.2 Å². The molecular weight excluding hydrogens is 151 g/mol. The summed E-state index contributed by atoms with van der Waals surface area (Å²) in [6.07, 6.45) is 0. The van der Waals surface area contributed by atoms with Gasteiger partial charge in [-0.15, -0.1) is 0 Å². The maximum atomic E-state index is 10.3. The third-order valence-corrected chi connectivity index (χ3v) is 1.04. The summed E-state index contributed by atoms with van der Waals surface area (Å²) in [5, 5.41) is 2.44. The van der Waals surface area contributed by atoms with Gasteiger partial charge in [0.1, 0.15) is 0 Å². The molecule has 4 heteroatoms. The Balaban J connectivity index is 0.000001000. The van der Waals surface area contributed by atoms with E-state index in [9.17, 15) is 4.79 Å². The van der Waals surface area contributed by atoms with Gasteiger partial charge < -0.3 is 11.1 Å². The van der Waals surface area contributed by atoms with Crippen LogP contribution in [0.15, 0.2) is 30.3 Å². The SMILES string of the molecule is NC(=O)Nc1ccccc1.[NaH]. The Morgan fingerprint density at radius 2 is 1.82 bits per heavy atom. The van der Waals surface area contributed by atoms with Crippen LogP contribution in [0.4, 0.5) is 10.5 Å². The van der Waals surface area contributed by atoms with Crippen molar-refractivity contribution in [3.8, 4) is 0 Å². The third kappa shape index (κ3) is 4.03. The molecule has 0 spiro atoms. The average molecular weight is 160 g/mol. The summed E-state index contributed by atoms with van der Waals surface area (Å²) >= 11 is 0. The van der Waals surface area contributed by atoms with Crippen molar-refractivity contribution in [1.82, 2.24) is 0 Å². The minimum absolute atomic E-state index is 0. The summed E-state index contributed by atoms with van der Waals surface area (Å²) in [4.78, 5) is 10.3. The summed E-state index contributed by atoms with van der Waals surface area (Å²) in [6.45, 7) is 0. The molecular formula is C7H9N2NaO. The quantitative estimate of drug-likeness (QED) is 0.578. The molecule has 0 aliphatic rings. The number of carbonyl (C=O) groups is 1. The molecule has 0 bridgehead atoms. The molecule has 0 atom stereocenters. The van der Waals surface area contributed by atoms with E-state index in [2.05, 4.69) is 5.32 Å². The van der Waals surface area contributed by atoms with Crippen molar-refractivity contribution < 1.29 is 4.79 Å². The van der Waals surface area contributed by atoms with E-state index in [-0.39, 0.29) is 29.6 Å². The van der Waals surface area contributed by atoms with Crippen molar-refractivity contribution in [3.63, 3.8) is 0 Å². The Morgan fingerprint density at radius 3 is 2.27 bits per heavy atom. The normalized spacial score (nSPS) is 8.00. The molecule has 0 radical (unpaired) electrons. The molecule has 0 saturated heterocycles. The second-order valence-electron chi connectivity index (χ2n) is 1.86. The van der Waals surface area contributed by atoms with E-state index in [1.54, 1.807) is 12.1 Å². The zero-order chi connectivity index (χ0) is 7.40. The fourth-order valence-corrected chi connectivity index (χ4v) is 0.664. The van der Waals surface area contributed by atoms with Crippen LogP contribution in [0.2, 0.25) is 0 Å². The zero-order valence-electron chi connectivity index (χ0n) is 5.37. The van der Waals surface area contributed by atoms with Crippen LogP contribution in [-0.4, -0.2) is 35.6 Å². The number of hydrogen-bond donors (Lipinski definition) is 2. The summed E-state index contributed by atoms with van der Waals surface area (Å²) < 4.78 is 0. The molecule has 0 aliphatic heterocycles. The van der Waals surface area contributed by atoms with Crippen molar-refractivity contribution in [1.29, 1.82) is 0 Å². The molecule has 2 amide bonds. The Labute approximate surface area is 87.3 Å². The van der Waals surface area contributed by atoms with Gasteiger partial charge in [0.15, 0.2) is 0 Å². The number of anilines is 1. The average Bonchev–Trinajstić information content (AvgIpc) is 1.88. The van der Waals surface area contributed by atoms with Crippen molar-refractivity contribution in [2.45, 2.75) is 0 Å². The molecule has 1 aromatic rings. The molecule has 0 aromatic heterocycles. The van der Waals surface area contributed by atoms with Gasteiger partial charge >= 0.3 is 35.6 Å². The standard InChI is InChI=1S/C7H8N2O.Na.H/c8-7(10)9-6-4-2-1-3-5-6;;/h1-5H,(H3,8,9,10);;. The van der Waals surface area contributed by atoms with Gasteiger partial charge in [0, 0.05) is 5.69 Å². The number of nitrogens with two attached hydrogens (primary N) is 1. The summed E-state index contributed by atoms with van der Waals surface area (Å²) in [7, 11) is 0. The van der Waals surface area contributed by atoms with Gasteiger partial charge in [-0.25, -0.2) is 4.79 Å². The predicted molar refractivity (Wildman–Crippen MR) is 46.8 cm³/mol. The Kier molecular flexibility index (Phi) is 4.94. The fourth-order valence-electron chi connectivity index (χ4n) is 0.664. The number of rotatable bonds is 1. The van der Waals surface area contributed by atoms with Crippen molar-refractivity contribution in [2.75, 3.05) is 5.32 Å². The van der Waals surface area contributed by atoms with E-state index in [4.69, 9.17) is 5.73 Å². The molecule has 1 aromatic carbocycles. The number of amides is 2. The van der Waals surface area contributed by atoms with Gasteiger partial charge in [-0.2, -0.15) is 0 Å². The van der Waals surface area contributed by atoms with Crippen LogP contribution in [0.5, 0.6) is 0 Å².